The van der Waals surface area contributed by atoms with E-state index in [1.807, 2.05) is 20.8 Å². The number of aryl methyl sites for hydroxylation is 1. The fourth-order valence-corrected chi connectivity index (χ4v) is 1.31. The molecule has 1 heterocycles. The van der Waals surface area contributed by atoms with Crippen molar-refractivity contribution in [1.29, 1.82) is 0 Å². The summed E-state index contributed by atoms with van der Waals surface area (Å²) >= 11 is 0. The van der Waals surface area contributed by atoms with Crippen molar-refractivity contribution in [3.63, 3.8) is 0 Å². The highest BCUT2D eigenvalue weighted by molar-refractivity contribution is 5.39. The van der Waals surface area contributed by atoms with Crippen molar-refractivity contribution in [1.82, 2.24) is 9.97 Å². The van der Waals surface area contributed by atoms with E-state index in [4.69, 9.17) is 9.47 Å². The zero-order chi connectivity index (χ0) is 12.0. The van der Waals surface area contributed by atoms with Gasteiger partial charge in [0.15, 0.2) is 0 Å². The van der Waals surface area contributed by atoms with E-state index in [1.54, 1.807) is 13.2 Å². The predicted molar refractivity (Wildman–Crippen MR) is 62.9 cm³/mol. The van der Waals surface area contributed by atoms with Crippen LogP contribution in [0.3, 0.4) is 0 Å². The maximum Gasteiger partial charge on any atom is 0.218 e. The van der Waals surface area contributed by atoms with Gasteiger partial charge in [0.1, 0.15) is 11.6 Å². The fourth-order valence-electron chi connectivity index (χ4n) is 1.31. The summed E-state index contributed by atoms with van der Waals surface area (Å²) in [7, 11) is 1.59. The minimum Gasteiger partial charge on any atom is -0.481 e. The summed E-state index contributed by atoms with van der Waals surface area (Å²) in [6, 6.07) is 1.98. The Hall–Kier alpha value is -1.36. The highest BCUT2D eigenvalue weighted by Crippen LogP contribution is 2.13. The molecule has 0 bridgehead atoms. The van der Waals surface area contributed by atoms with Crippen LogP contribution in [0.15, 0.2) is 6.07 Å². The van der Waals surface area contributed by atoms with E-state index in [9.17, 15) is 0 Å². The zero-order valence-corrected chi connectivity index (χ0v) is 10.3. The first-order chi connectivity index (χ1) is 7.65. The second kappa shape index (κ2) is 6.27. The van der Waals surface area contributed by atoms with Gasteiger partial charge in [-0.05, 0) is 20.8 Å². The van der Waals surface area contributed by atoms with E-state index in [0.717, 1.165) is 12.4 Å². The standard InChI is InChI=1S/C11H19N3O2/c1-5-16-7-8(2)12-10-6-11(15-4)14-9(3)13-10/h6,8H,5,7H2,1-4H3,(H,12,13,14). The van der Waals surface area contributed by atoms with Crippen LogP contribution in [-0.2, 0) is 4.74 Å². The monoisotopic (exact) mass is 225 g/mol. The van der Waals surface area contributed by atoms with Crippen molar-refractivity contribution in [3.8, 4) is 5.88 Å². The van der Waals surface area contributed by atoms with Crippen molar-refractivity contribution in [2.24, 2.45) is 0 Å². The first kappa shape index (κ1) is 12.7. The lowest BCUT2D eigenvalue weighted by Gasteiger charge is -2.14. The molecule has 0 aliphatic carbocycles. The van der Waals surface area contributed by atoms with E-state index in [0.29, 0.717) is 18.3 Å². The molecule has 0 fully saturated rings. The first-order valence-electron chi connectivity index (χ1n) is 5.39. The molecule has 1 rings (SSSR count). The molecule has 0 saturated heterocycles. The second-order valence-corrected chi connectivity index (χ2v) is 3.55. The molecule has 16 heavy (non-hydrogen) atoms. The largest absolute Gasteiger partial charge is 0.481 e. The van der Waals surface area contributed by atoms with Gasteiger partial charge >= 0.3 is 0 Å². The van der Waals surface area contributed by atoms with Gasteiger partial charge in [-0.2, -0.15) is 4.98 Å². The maximum atomic E-state index is 5.32. The normalized spacial score (nSPS) is 12.2. The molecular weight excluding hydrogens is 206 g/mol. The number of hydrogen-bond acceptors (Lipinski definition) is 5. The van der Waals surface area contributed by atoms with E-state index in [2.05, 4.69) is 15.3 Å². The van der Waals surface area contributed by atoms with Gasteiger partial charge in [-0.1, -0.05) is 0 Å². The minimum absolute atomic E-state index is 0.207. The summed E-state index contributed by atoms with van der Waals surface area (Å²) in [5, 5.41) is 3.24. The lowest BCUT2D eigenvalue weighted by atomic mass is 10.3. The Balaban J connectivity index is 2.61. The van der Waals surface area contributed by atoms with Crippen LogP contribution in [0.5, 0.6) is 5.88 Å². The molecule has 0 aliphatic rings. The average molecular weight is 225 g/mol. The van der Waals surface area contributed by atoms with Crippen molar-refractivity contribution in [2.75, 3.05) is 25.6 Å². The van der Waals surface area contributed by atoms with Crippen LogP contribution in [0.2, 0.25) is 0 Å². The van der Waals surface area contributed by atoms with Gasteiger partial charge in [-0.25, -0.2) is 4.98 Å². The Labute approximate surface area is 96.2 Å². The highest BCUT2D eigenvalue weighted by atomic mass is 16.5. The van der Waals surface area contributed by atoms with Gasteiger partial charge in [0.25, 0.3) is 0 Å². The molecule has 0 spiro atoms. The summed E-state index contributed by atoms with van der Waals surface area (Å²) in [6.07, 6.45) is 0. The number of methoxy groups -OCH3 is 1. The van der Waals surface area contributed by atoms with Crippen LogP contribution < -0.4 is 10.1 Å². The van der Waals surface area contributed by atoms with E-state index in [-0.39, 0.29) is 6.04 Å². The molecule has 0 radical (unpaired) electrons. The topological polar surface area (TPSA) is 56.3 Å². The second-order valence-electron chi connectivity index (χ2n) is 3.55. The Kier molecular flexibility index (Phi) is 4.98. The number of hydrogen-bond donors (Lipinski definition) is 1. The first-order valence-corrected chi connectivity index (χ1v) is 5.39. The van der Waals surface area contributed by atoms with Gasteiger partial charge in [0.05, 0.1) is 13.7 Å². The molecule has 0 aliphatic heterocycles. The van der Waals surface area contributed by atoms with Gasteiger partial charge < -0.3 is 14.8 Å². The van der Waals surface area contributed by atoms with Crippen molar-refractivity contribution < 1.29 is 9.47 Å². The summed E-state index contributed by atoms with van der Waals surface area (Å²) in [5.74, 6) is 2.01. The molecule has 90 valence electrons. The number of ether oxygens (including phenoxy) is 2. The molecule has 1 N–H and O–H groups in total. The van der Waals surface area contributed by atoms with Crippen molar-refractivity contribution in [3.05, 3.63) is 11.9 Å². The molecule has 1 unspecified atom stereocenters. The van der Waals surface area contributed by atoms with Gasteiger partial charge in [0.2, 0.25) is 5.88 Å². The third kappa shape index (κ3) is 4.02. The zero-order valence-electron chi connectivity index (χ0n) is 10.3. The molecule has 1 atom stereocenters. The average Bonchev–Trinajstić information content (AvgIpc) is 2.25. The molecule has 0 saturated carbocycles. The van der Waals surface area contributed by atoms with Crippen LogP contribution in [0, 0.1) is 6.92 Å². The summed E-state index contributed by atoms with van der Waals surface area (Å²) in [5.41, 5.74) is 0. The molecule has 0 aromatic carbocycles. The molecular formula is C11H19N3O2. The smallest absolute Gasteiger partial charge is 0.218 e. The van der Waals surface area contributed by atoms with Gasteiger partial charge in [-0.3, -0.25) is 0 Å². The third-order valence-corrected chi connectivity index (χ3v) is 1.99. The number of aromatic nitrogens is 2. The van der Waals surface area contributed by atoms with E-state index >= 15 is 0 Å². The van der Waals surface area contributed by atoms with Gasteiger partial charge in [-0.15, -0.1) is 0 Å². The fraction of sp³-hybridized carbons (Fsp3) is 0.636. The summed E-state index contributed by atoms with van der Waals surface area (Å²) < 4.78 is 10.4. The molecule has 0 amide bonds. The van der Waals surface area contributed by atoms with Crippen LogP contribution >= 0.6 is 0 Å². The summed E-state index contributed by atoms with van der Waals surface area (Å²) in [6.45, 7) is 7.23. The number of anilines is 1. The van der Waals surface area contributed by atoms with Crippen molar-refractivity contribution >= 4 is 5.82 Å². The number of rotatable bonds is 6. The molecule has 5 nitrogen and oxygen atoms in total. The number of nitrogens with one attached hydrogen (secondary N) is 1. The Morgan fingerprint density at radius 3 is 2.81 bits per heavy atom. The quantitative estimate of drug-likeness (QED) is 0.797. The van der Waals surface area contributed by atoms with Gasteiger partial charge in [0, 0.05) is 18.7 Å². The van der Waals surface area contributed by atoms with Crippen LogP contribution in [0.1, 0.15) is 19.7 Å². The predicted octanol–water partition coefficient (Wildman–Crippen LogP) is 1.63. The van der Waals surface area contributed by atoms with Crippen LogP contribution in [0.4, 0.5) is 5.82 Å². The Morgan fingerprint density at radius 2 is 2.19 bits per heavy atom. The lowest BCUT2D eigenvalue weighted by molar-refractivity contribution is 0.141. The van der Waals surface area contributed by atoms with E-state index < -0.39 is 0 Å². The summed E-state index contributed by atoms with van der Waals surface area (Å²) in [4.78, 5) is 8.39. The SMILES string of the molecule is CCOCC(C)Nc1cc(OC)nc(C)n1. The Morgan fingerprint density at radius 1 is 1.44 bits per heavy atom. The van der Waals surface area contributed by atoms with Crippen LogP contribution in [-0.4, -0.2) is 36.3 Å². The number of nitrogens with zero attached hydrogens (tertiary/aromatic N) is 2. The minimum atomic E-state index is 0.207. The molecule has 1 aromatic rings. The molecule has 1 aromatic heterocycles. The third-order valence-electron chi connectivity index (χ3n) is 1.99. The highest BCUT2D eigenvalue weighted by Gasteiger charge is 2.05. The van der Waals surface area contributed by atoms with E-state index in [1.165, 1.54) is 0 Å². The maximum absolute atomic E-state index is 5.32. The van der Waals surface area contributed by atoms with Crippen molar-refractivity contribution in [2.45, 2.75) is 26.8 Å². The molecule has 5 heteroatoms. The Bertz CT molecular complexity index is 331. The lowest BCUT2D eigenvalue weighted by Crippen LogP contribution is -2.22. The van der Waals surface area contributed by atoms with Crippen LogP contribution in [0.25, 0.3) is 0 Å².